The molecule has 0 radical (unpaired) electrons. The van der Waals surface area contributed by atoms with E-state index in [9.17, 15) is 18.0 Å². The SMILES string of the molecule is C[C@H](NC(=O)CNS(=O)(=O)c1ccc2c(c1)COC2)C(=O)O. The zero-order valence-electron chi connectivity index (χ0n) is 11.8. The Kier molecular flexibility index (Phi) is 4.79. The lowest BCUT2D eigenvalue weighted by molar-refractivity contribution is -0.141. The lowest BCUT2D eigenvalue weighted by Crippen LogP contribution is -2.43. The van der Waals surface area contributed by atoms with Gasteiger partial charge in [0.25, 0.3) is 0 Å². The van der Waals surface area contributed by atoms with Crippen molar-refractivity contribution in [1.29, 1.82) is 0 Å². The van der Waals surface area contributed by atoms with Gasteiger partial charge in [0.05, 0.1) is 24.7 Å². The van der Waals surface area contributed by atoms with Crippen LogP contribution < -0.4 is 10.0 Å². The first kappa shape index (κ1) is 16.4. The van der Waals surface area contributed by atoms with Gasteiger partial charge in [0, 0.05) is 0 Å². The average Bonchev–Trinajstić information content (AvgIpc) is 2.92. The first-order valence-corrected chi connectivity index (χ1v) is 7.99. The molecule has 3 N–H and O–H groups in total. The molecule has 0 aliphatic carbocycles. The Balaban J connectivity index is 1.99. The van der Waals surface area contributed by atoms with Crippen molar-refractivity contribution in [2.75, 3.05) is 6.54 Å². The van der Waals surface area contributed by atoms with Crippen molar-refractivity contribution < 1.29 is 27.9 Å². The third kappa shape index (κ3) is 3.81. The number of hydrogen-bond donors (Lipinski definition) is 3. The van der Waals surface area contributed by atoms with Crippen LogP contribution in [0.2, 0.25) is 0 Å². The first-order valence-electron chi connectivity index (χ1n) is 6.51. The normalized spacial score (nSPS) is 15.1. The number of carboxylic acids is 1. The molecule has 8 nitrogen and oxygen atoms in total. The largest absolute Gasteiger partial charge is 0.480 e. The van der Waals surface area contributed by atoms with Gasteiger partial charge in [0.1, 0.15) is 6.04 Å². The summed E-state index contributed by atoms with van der Waals surface area (Å²) in [5, 5.41) is 10.8. The molecule has 1 amide bonds. The van der Waals surface area contributed by atoms with Crippen molar-refractivity contribution in [3.8, 4) is 0 Å². The van der Waals surface area contributed by atoms with E-state index in [0.717, 1.165) is 11.1 Å². The summed E-state index contributed by atoms with van der Waals surface area (Å²) in [5.74, 6) is -1.92. The van der Waals surface area contributed by atoms with Crippen LogP contribution >= 0.6 is 0 Å². The van der Waals surface area contributed by atoms with Gasteiger partial charge in [-0.05, 0) is 30.2 Å². The fourth-order valence-electron chi connectivity index (χ4n) is 1.91. The number of ether oxygens (including phenoxy) is 1. The van der Waals surface area contributed by atoms with E-state index in [0.29, 0.717) is 13.2 Å². The lowest BCUT2D eigenvalue weighted by Gasteiger charge is -2.11. The minimum atomic E-state index is -3.85. The molecule has 0 unspecified atom stereocenters. The zero-order chi connectivity index (χ0) is 16.3. The van der Waals surface area contributed by atoms with Crippen molar-refractivity contribution in [2.24, 2.45) is 0 Å². The summed E-state index contributed by atoms with van der Waals surface area (Å²) in [6.45, 7) is 1.57. The number of carbonyl (C=O) groups excluding carboxylic acids is 1. The Morgan fingerprint density at radius 2 is 2.00 bits per heavy atom. The monoisotopic (exact) mass is 328 g/mol. The van der Waals surface area contributed by atoms with Crippen molar-refractivity contribution >= 4 is 21.9 Å². The minimum Gasteiger partial charge on any atom is -0.480 e. The average molecular weight is 328 g/mol. The minimum absolute atomic E-state index is 0.0378. The Hall–Kier alpha value is -1.97. The molecule has 0 saturated heterocycles. The number of aliphatic carboxylic acids is 1. The molecule has 9 heteroatoms. The molecular weight excluding hydrogens is 312 g/mol. The second-order valence-electron chi connectivity index (χ2n) is 4.88. The zero-order valence-corrected chi connectivity index (χ0v) is 12.6. The summed E-state index contributed by atoms with van der Waals surface area (Å²) in [6, 6.07) is 3.52. The van der Waals surface area contributed by atoms with Gasteiger partial charge in [0.15, 0.2) is 0 Å². The lowest BCUT2D eigenvalue weighted by atomic mass is 10.1. The van der Waals surface area contributed by atoms with E-state index in [1.54, 1.807) is 6.07 Å². The Morgan fingerprint density at radius 1 is 1.32 bits per heavy atom. The maximum atomic E-state index is 12.1. The number of hydrogen-bond acceptors (Lipinski definition) is 5. The third-order valence-corrected chi connectivity index (χ3v) is 4.57. The maximum Gasteiger partial charge on any atom is 0.325 e. The third-order valence-electron chi connectivity index (χ3n) is 3.17. The van der Waals surface area contributed by atoms with Crippen LogP contribution in [0.3, 0.4) is 0 Å². The molecule has 0 spiro atoms. The van der Waals surface area contributed by atoms with Gasteiger partial charge >= 0.3 is 5.97 Å². The van der Waals surface area contributed by atoms with E-state index >= 15 is 0 Å². The van der Waals surface area contributed by atoms with Gasteiger partial charge in [-0.1, -0.05) is 6.07 Å². The highest BCUT2D eigenvalue weighted by Gasteiger charge is 2.20. The maximum absolute atomic E-state index is 12.1. The van der Waals surface area contributed by atoms with E-state index in [1.165, 1.54) is 19.1 Å². The molecule has 1 atom stereocenters. The standard InChI is InChI=1S/C13H16N2O6S/c1-8(13(17)18)15-12(16)5-14-22(19,20)11-3-2-9-6-21-7-10(9)4-11/h2-4,8,14H,5-7H2,1H3,(H,15,16)(H,17,18)/t8-/m0/s1. The van der Waals surface area contributed by atoms with Gasteiger partial charge in [0.2, 0.25) is 15.9 Å². The predicted octanol–water partition coefficient (Wildman–Crippen LogP) is -0.416. The van der Waals surface area contributed by atoms with Crippen LogP contribution in [0.15, 0.2) is 23.1 Å². The van der Waals surface area contributed by atoms with Crippen LogP contribution in [0.4, 0.5) is 0 Å². The Morgan fingerprint density at radius 3 is 2.68 bits per heavy atom. The molecule has 1 aromatic rings. The number of benzene rings is 1. The van der Waals surface area contributed by atoms with E-state index in [2.05, 4.69) is 10.0 Å². The van der Waals surface area contributed by atoms with Crippen LogP contribution in [0, 0.1) is 0 Å². The molecule has 0 fully saturated rings. The molecule has 0 saturated carbocycles. The number of amides is 1. The van der Waals surface area contributed by atoms with Gasteiger partial charge in [-0.25, -0.2) is 13.1 Å². The molecule has 1 aliphatic heterocycles. The van der Waals surface area contributed by atoms with E-state index in [4.69, 9.17) is 9.84 Å². The van der Waals surface area contributed by atoms with Crippen molar-refractivity contribution in [2.45, 2.75) is 31.1 Å². The molecule has 1 heterocycles. The van der Waals surface area contributed by atoms with Crippen molar-refractivity contribution in [3.05, 3.63) is 29.3 Å². The van der Waals surface area contributed by atoms with Crippen LogP contribution in [0.1, 0.15) is 18.1 Å². The van der Waals surface area contributed by atoms with Gasteiger partial charge in [-0.3, -0.25) is 9.59 Å². The predicted molar refractivity (Wildman–Crippen MR) is 75.4 cm³/mol. The van der Waals surface area contributed by atoms with Gasteiger partial charge < -0.3 is 15.2 Å². The second-order valence-corrected chi connectivity index (χ2v) is 6.64. The Labute approximate surface area is 127 Å². The Bertz CT molecular complexity index is 700. The van der Waals surface area contributed by atoms with Crippen LogP contribution in [0.5, 0.6) is 0 Å². The van der Waals surface area contributed by atoms with E-state index in [-0.39, 0.29) is 4.90 Å². The van der Waals surface area contributed by atoms with Crippen LogP contribution in [0.25, 0.3) is 0 Å². The molecule has 22 heavy (non-hydrogen) atoms. The fourth-order valence-corrected chi connectivity index (χ4v) is 2.95. The molecule has 0 aromatic heterocycles. The summed E-state index contributed by atoms with van der Waals surface area (Å²) in [4.78, 5) is 22.1. The molecule has 0 bridgehead atoms. The van der Waals surface area contributed by atoms with Crippen molar-refractivity contribution in [3.63, 3.8) is 0 Å². The highest BCUT2D eigenvalue weighted by Crippen LogP contribution is 2.22. The smallest absolute Gasteiger partial charge is 0.325 e. The second kappa shape index (κ2) is 6.42. The number of carbonyl (C=O) groups is 2. The van der Waals surface area contributed by atoms with Gasteiger partial charge in [-0.2, -0.15) is 0 Å². The summed E-state index contributed by atoms with van der Waals surface area (Å²) >= 11 is 0. The number of fused-ring (bicyclic) bond motifs is 1. The summed E-state index contributed by atoms with van der Waals surface area (Å²) < 4.78 is 31.6. The van der Waals surface area contributed by atoms with E-state index in [1.807, 2.05) is 0 Å². The van der Waals surface area contributed by atoms with Crippen molar-refractivity contribution in [1.82, 2.24) is 10.0 Å². The molecule has 1 aromatic carbocycles. The fraction of sp³-hybridized carbons (Fsp3) is 0.385. The highest BCUT2D eigenvalue weighted by atomic mass is 32.2. The topological polar surface area (TPSA) is 122 Å². The number of carboxylic acid groups (broad SMARTS) is 1. The summed E-state index contributed by atoms with van der Waals surface area (Å²) in [7, 11) is -3.85. The number of nitrogens with one attached hydrogen (secondary N) is 2. The number of rotatable bonds is 6. The van der Waals surface area contributed by atoms with Crippen LogP contribution in [-0.2, 0) is 37.6 Å². The van der Waals surface area contributed by atoms with E-state index < -0.39 is 34.5 Å². The molecule has 2 rings (SSSR count). The molecule has 1 aliphatic rings. The highest BCUT2D eigenvalue weighted by molar-refractivity contribution is 7.89. The van der Waals surface area contributed by atoms with Crippen LogP contribution in [-0.4, -0.2) is 38.0 Å². The van der Waals surface area contributed by atoms with Gasteiger partial charge in [-0.15, -0.1) is 0 Å². The summed E-state index contributed by atoms with van der Waals surface area (Å²) in [6.07, 6.45) is 0. The summed E-state index contributed by atoms with van der Waals surface area (Å²) in [5.41, 5.74) is 1.74. The quantitative estimate of drug-likeness (QED) is 0.652. The molecular formula is C13H16N2O6S. The first-order chi connectivity index (χ1) is 10.3. The number of sulfonamides is 1. The molecule has 120 valence electrons.